The predicted octanol–water partition coefficient (Wildman–Crippen LogP) is 1.40. The number of nitrogens with zero attached hydrogens (tertiary/aromatic N) is 3. The van der Waals surface area contributed by atoms with Crippen molar-refractivity contribution in [2.24, 2.45) is 5.73 Å². The lowest BCUT2D eigenvalue weighted by Crippen LogP contribution is -2.47. The van der Waals surface area contributed by atoms with Crippen LogP contribution in [0.2, 0.25) is 0 Å². The Morgan fingerprint density at radius 1 is 1.05 bits per heavy atom. The standard InChI is InChI=1S/C17H30N4/c1-16-4-6-17(7-5-16)21(9-3-8-18)15-14-20-12-10-19(2)11-13-20/h4-7H,3,8-15,18H2,1-2H3. The van der Waals surface area contributed by atoms with E-state index in [4.69, 9.17) is 5.73 Å². The van der Waals surface area contributed by atoms with Gasteiger partial charge in [-0.05, 0) is 39.1 Å². The van der Waals surface area contributed by atoms with Gasteiger partial charge in [0.15, 0.2) is 0 Å². The third-order valence-corrected chi connectivity index (χ3v) is 4.31. The molecule has 0 unspecified atom stereocenters. The molecule has 1 aliphatic heterocycles. The Kier molecular flexibility index (Phi) is 6.49. The van der Waals surface area contributed by atoms with E-state index in [0.29, 0.717) is 0 Å². The summed E-state index contributed by atoms with van der Waals surface area (Å²) in [4.78, 5) is 7.46. The fourth-order valence-electron chi connectivity index (χ4n) is 2.74. The molecule has 1 heterocycles. The maximum Gasteiger partial charge on any atom is 0.0366 e. The molecule has 1 aliphatic rings. The molecule has 2 N–H and O–H groups in total. The molecule has 0 aliphatic carbocycles. The first-order valence-electron chi connectivity index (χ1n) is 8.11. The van der Waals surface area contributed by atoms with Crippen LogP contribution in [0.1, 0.15) is 12.0 Å². The molecule has 0 radical (unpaired) electrons. The van der Waals surface area contributed by atoms with E-state index in [1.54, 1.807) is 0 Å². The average Bonchev–Trinajstić information content (AvgIpc) is 2.50. The molecular formula is C17H30N4. The molecule has 2 rings (SSSR count). The van der Waals surface area contributed by atoms with Gasteiger partial charge in [-0.1, -0.05) is 17.7 Å². The van der Waals surface area contributed by atoms with Crippen molar-refractivity contribution in [3.63, 3.8) is 0 Å². The van der Waals surface area contributed by atoms with E-state index < -0.39 is 0 Å². The van der Waals surface area contributed by atoms with E-state index >= 15 is 0 Å². The molecule has 0 atom stereocenters. The van der Waals surface area contributed by atoms with Gasteiger partial charge >= 0.3 is 0 Å². The number of likely N-dealkylation sites (N-methyl/N-ethyl adjacent to an activating group) is 1. The van der Waals surface area contributed by atoms with Crippen molar-refractivity contribution in [2.75, 3.05) is 64.3 Å². The van der Waals surface area contributed by atoms with Crippen LogP contribution in [-0.4, -0.2) is 69.2 Å². The summed E-state index contributed by atoms with van der Waals surface area (Å²) in [6.07, 6.45) is 1.05. The molecular weight excluding hydrogens is 260 g/mol. The normalized spacial score (nSPS) is 17.1. The lowest BCUT2D eigenvalue weighted by Gasteiger charge is -2.34. The maximum absolute atomic E-state index is 5.69. The molecule has 4 heteroatoms. The highest BCUT2D eigenvalue weighted by Gasteiger charge is 2.15. The molecule has 0 saturated carbocycles. The monoisotopic (exact) mass is 290 g/mol. The van der Waals surface area contributed by atoms with Gasteiger partial charge in [-0.2, -0.15) is 0 Å². The van der Waals surface area contributed by atoms with Crippen LogP contribution in [0, 0.1) is 6.92 Å². The smallest absolute Gasteiger partial charge is 0.0366 e. The first-order valence-corrected chi connectivity index (χ1v) is 8.11. The molecule has 0 amide bonds. The molecule has 0 bridgehead atoms. The number of benzene rings is 1. The third-order valence-electron chi connectivity index (χ3n) is 4.31. The molecule has 0 aromatic heterocycles. The maximum atomic E-state index is 5.69. The van der Waals surface area contributed by atoms with Crippen molar-refractivity contribution in [3.8, 4) is 0 Å². The number of anilines is 1. The topological polar surface area (TPSA) is 35.7 Å². The molecule has 1 fully saturated rings. The van der Waals surface area contributed by atoms with Gasteiger partial charge in [0.2, 0.25) is 0 Å². The number of hydrogen-bond acceptors (Lipinski definition) is 4. The third kappa shape index (κ3) is 5.30. The van der Waals surface area contributed by atoms with Crippen molar-refractivity contribution in [3.05, 3.63) is 29.8 Å². The second kappa shape index (κ2) is 8.37. The summed E-state index contributed by atoms with van der Waals surface area (Å²) in [5, 5.41) is 0. The summed E-state index contributed by atoms with van der Waals surface area (Å²) in [6, 6.07) is 8.85. The number of aryl methyl sites for hydroxylation is 1. The van der Waals surface area contributed by atoms with Crippen molar-refractivity contribution in [1.29, 1.82) is 0 Å². The van der Waals surface area contributed by atoms with E-state index in [0.717, 1.165) is 32.6 Å². The van der Waals surface area contributed by atoms with Crippen molar-refractivity contribution in [2.45, 2.75) is 13.3 Å². The van der Waals surface area contributed by atoms with Crippen LogP contribution < -0.4 is 10.6 Å². The Balaban J connectivity index is 1.88. The molecule has 118 valence electrons. The first-order chi connectivity index (χ1) is 10.2. The SMILES string of the molecule is Cc1ccc(N(CCCN)CCN2CCN(C)CC2)cc1. The highest BCUT2D eigenvalue weighted by atomic mass is 15.3. The van der Waals surface area contributed by atoms with Crippen LogP contribution in [0.15, 0.2) is 24.3 Å². The Bertz CT molecular complexity index is 396. The van der Waals surface area contributed by atoms with Gasteiger partial charge in [-0.15, -0.1) is 0 Å². The zero-order valence-electron chi connectivity index (χ0n) is 13.6. The number of hydrogen-bond donors (Lipinski definition) is 1. The van der Waals surface area contributed by atoms with Gasteiger partial charge in [0.1, 0.15) is 0 Å². The van der Waals surface area contributed by atoms with Crippen molar-refractivity contribution < 1.29 is 0 Å². The van der Waals surface area contributed by atoms with E-state index in [1.165, 1.54) is 37.4 Å². The summed E-state index contributed by atoms with van der Waals surface area (Å²) in [7, 11) is 2.21. The predicted molar refractivity (Wildman–Crippen MR) is 91.0 cm³/mol. The summed E-state index contributed by atoms with van der Waals surface area (Å²) >= 11 is 0. The lowest BCUT2D eigenvalue weighted by atomic mass is 10.2. The Morgan fingerprint density at radius 2 is 1.71 bits per heavy atom. The minimum absolute atomic E-state index is 0.761. The van der Waals surface area contributed by atoms with Gasteiger partial charge in [0.05, 0.1) is 0 Å². The van der Waals surface area contributed by atoms with Crippen LogP contribution in [-0.2, 0) is 0 Å². The van der Waals surface area contributed by atoms with Gasteiger partial charge in [-0.3, -0.25) is 4.90 Å². The summed E-state index contributed by atoms with van der Waals surface area (Å²) in [5.41, 5.74) is 8.33. The second-order valence-electron chi connectivity index (χ2n) is 6.11. The summed E-state index contributed by atoms with van der Waals surface area (Å²) in [5.74, 6) is 0. The first kappa shape index (κ1) is 16.3. The highest BCUT2D eigenvalue weighted by molar-refractivity contribution is 5.47. The summed E-state index contributed by atoms with van der Waals surface area (Å²) < 4.78 is 0. The minimum Gasteiger partial charge on any atom is -0.370 e. The van der Waals surface area contributed by atoms with Crippen LogP contribution >= 0.6 is 0 Å². The van der Waals surface area contributed by atoms with Crippen molar-refractivity contribution >= 4 is 5.69 Å². The highest BCUT2D eigenvalue weighted by Crippen LogP contribution is 2.15. The largest absolute Gasteiger partial charge is 0.370 e. The van der Waals surface area contributed by atoms with Crippen LogP contribution in [0.25, 0.3) is 0 Å². The quantitative estimate of drug-likeness (QED) is 0.823. The Morgan fingerprint density at radius 3 is 2.33 bits per heavy atom. The fourth-order valence-corrected chi connectivity index (χ4v) is 2.74. The van der Waals surface area contributed by atoms with Crippen LogP contribution in [0.5, 0.6) is 0 Å². The fraction of sp³-hybridized carbons (Fsp3) is 0.647. The van der Waals surface area contributed by atoms with Gasteiger partial charge < -0.3 is 15.5 Å². The minimum atomic E-state index is 0.761. The lowest BCUT2D eigenvalue weighted by molar-refractivity contribution is 0.157. The van der Waals surface area contributed by atoms with E-state index in [2.05, 4.69) is 52.9 Å². The van der Waals surface area contributed by atoms with E-state index in [1.807, 2.05) is 0 Å². The molecule has 21 heavy (non-hydrogen) atoms. The molecule has 1 aromatic rings. The Hall–Kier alpha value is -1.10. The van der Waals surface area contributed by atoms with Gasteiger partial charge in [0, 0.05) is 51.5 Å². The Labute approximate surface area is 129 Å². The number of piperazine rings is 1. The van der Waals surface area contributed by atoms with Crippen molar-refractivity contribution in [1.82, 2.24) is 9.80 Å². The molecule has 1 aromatic carbocycles. The number of rotatable bonds is 7. The van der Waals surface area contributed by atoms with E-state index in [-0.39, 0.29) is 0 Å². The molecule has 0 spiro atoms. The van der Waals surface area contributed by atoms with E-state index in [9.17, 15) is 0 Å². The van der Waals surface area contributed by atoms with Gasteiger partial charge in [0.25, 0.3) is 0 Å². The zero-order valence-corrected chi connectivity index (χ0v) is 13.6. The van der Waals surface area contributed by atoms with Gasteiger partial charge in [-0.25, -0.2) is 0 Å². The second-order valence-corrected chi connectivity index (χ2v) is 6.11. The molecule has 4 nitrogen and oxygen atoms in total. The average molecular weight is 290 g/mol. The summed E-state index contributed by atoms with van der Waals surface area (Å²) in [6.45, 7) is 10.9. The number of nitrogens with two attached hydrogens (primary N) is 1. The molecule has 1 saturated heterocycles. The van der Waals surface area contributed by atoms with Crippen LogP contribution in [0.3, 0.4) is 0 Å². The van der Waals surface area contributed by atoms with Crippen LogP contribution in [0.4, 0.5) is 5.69 Å². The zero-order chi connectivity index (χ0) is 15.1.